The molecule has 3 N–H and O–H groups in total. The van der Waals surface area contributed by atoms with Crippen LogP contribution >= 0.6 is 0 Å². The quantitative estimate of drug-likeness (QED) is 0.262. The number of nitrogens with one attached hydrogen (secondary N) is 1. The van der Waals surface area contributed by atoms with Gasteiger partial charge in [0.25, 0.3) is 0 Å². The lowest BCUT2D eigenvalue weighted by Gasteiger charge is -2.14. The Morgan fingerprint density at radius 2 is 2.06 bits per heavy atom. The van der Waals surface area contributed by atoms with Gasteiger partial charge in [-0.2, -0.15) is 4.98 Å². The Bertz CT molecular complexity index is 1090. The van der Waals surface area contributed by atoms with E-state index < -0.39 is 0 Å². The number of hydrogen-bond donors (Lipinski definition) is 2. The van der Waals surface area contributed by atoms with E-state index in [1.54, 1.807) is 20.1 Å². The van der Waals surface area contributed by atoms with Gasteiger partial charge in [-0.25, -0.2) is 9.78 Å². The van der Waals surface area contributed by atoms with Crippen molar-refractivity contribution in [3.05, 3.63) is 47.7 Å². The number of anilines is 2. The molecule has 3 aromatic rings. The fourth-order valence-electron chi connectivity index (χ4n) is 3.53. The van der Waals surface area contributed by atoms with Crippen molar-refractivity contribution in [1.82, 2.24) is 14.5 Å². The minimum Gasteiger partial charge on any atom is -0.496 e. The first-order valence-electron chi connectivity index (χ1n) is 10.9. The summed E-state index contributed by atoms with van der Waals surface area (Å²) < 4.78 is 12.6. The molecule has 0 aliphatic carbocycles. The molecule has 0 saturated heterocycles. The van der Waals surface area contributed by atoms with Gasteiger partial charge >= 0.3 is 5.97 Å². The van der Waals surface area contributed by atoms with Crippen molar-refractivity contribution in [3.8, 4) is 5.75 Å². The van der Waals surface area contributed by atoms with Gasteiger partial charge in [-0.1, -0.05) is 25.8 Å². The normalized spacial score (nSPS) is 11.2. The number of unbranched alkanes of at least 4 members (excludes halogenated alkanes) is 2. The number of esters is 1. The van der Waals surface area contributed by atoms with E-state index in [0.717, 1.165) is 59.5 Å². The Hall–Kier alpha value is -3.55. The van der Waals surface area contributed by atoms with Crippen molar-refractivity contribution < 1.29 is 14.3 Å². The number of nitrogens with two attached hydrogens (primary N) is 1. The van der Waals surface area contributed by atoms with E-state index in [4.69, 9.17) is 15.2 Å². The molecule has 3 rings (SSSR count). The second-order valence-electron chi connectivity index (χ2n) is 7.40. The maximum Gasteiger partial charge on any atom is 0.330 e. The van der Waals surface area contributed by atoms with Crippen molar-refractivity contribution in [2.24, 2.45) is 0 Å². The summed E-state index contributed by atoms with van der Waals surface area (Å²) in [7, 11) is 1.64. The third-order valence-corrected chi connectivity index (χ3v) is 5.04. The molecule has 2 heterocycles. The summed E-state index contributed by atoms with van der Waals surface area (Å²) >= 11 is 0. The Labute approximate surface area is 188 Å². The fraction of sp³-hybridized carbons (Fsp3) is 0.375. The zero-order valence-electron chi connectivity index (χ0n) is 18.9. The van der Waals surface area contributed by atoms with Crippen LogP contribution < -0.4 is 15.8 Å². The third kappa shape index (κ3) is 5.78. The van der Waals surface area contributed by atoms with Gasteiger partial charge < -0.3 is 25.1 Å². The molecule has 0 radical (unpaired) electrons. The van der Waals surface area contributed by atoms with Crippen molar-refractivity contribution in [1.29, 1.82) is 0 Å². The maximum atomic E-state index is 11.7. The van der Waals surface area contributed by atoms with Crippen LogP contribution in [0.3, 0.4) is 0 Å². The van der Waals surface area contributed by atoms with Crippen LogP contribution in [-0.2, 0) is 16.1 Å². The van der Waals surface area contributed by atoms with Crippen molar-refractivity contribution in [2.45, 2.75) is 39.7 Å². The number of hydrogen-bond acceptors (Lipinski definition) is 7. The van der Waals surface area contributed by atoms with E-state index >= 15 is 0 Å². The monoisotopic (exact) mass is 437 g/mol. The average molecular weight is 438 g/mol. The Morgan fingerprint density at radius 3 is 2.81 bits per heavy atom. The summed E-state index contributed by atoms with van der Waals surface area (Å²) in [4.78, 5) is 20.5. The number of carbonyl (C=O) groups excluding carboxylic acids is 1. The second-order valence-corrected chi connectivity index (χ2v) is 7.40. The number of carbonyl (C=O) groups is 1. The molecule has 0 unspecified atom stereocenters. The molecule has 0 spiro atoms. The Balaban J connectivity index is 1.91. The Morgan fingerprint density at radius 1 is 1.22 bits per heavy atom. The van der Waals surface area contributed by atoms with E-state index in [1.165, 1.54) is 6.08 Å². The maximum absolute atomic E-state index is 11.7. The average Bonchev–Trinajstić information content (AvgIpc) is 3.18. The van der Waals surface area contributed by atoms with E-state index in [-0.39, 0.29) is 11.9 Å². The lowest BCUT2D eigenvalue weighted by Crippen LogP contribution is -2.09. The molecular weight excluding hydrogens is 406 g/mol. The van der Waals surface area contributed by atoms with Gasteiger partial charge in [-0.3, -0.25) is 0 Å². The highest BCUT2D eigenvalue weighted by atomic mass is 16.5. The lowest BCUT2D eigenvalue weighted by molar-refractivity contribution is -0.137. The molecule has 2 aromatic heterocycles. The van der Waals surface area contributed by atoms with Gasteiger partial charge in [0.15, 0.2) is 5.82 Å². The number of nitrogen functional groups attached to an aromatic ring is 1. The lowest BCUT2D eigenvalue weighted by atomic mass is 10.1. The van der Waals surface area contributed by atoms with Gasteiger partial charge in [0.2, 0.25) is 5.95 Å². The number of methoxy groups -OCH3 is 1. The van der Waals surface area contributed by atoms with E-state index in [2.05, 4.69) is 26.8 Å². The molecule has 8 nitrogen and oxygen atoms in total. The van der Waals surface area contributed by atoms with Gasteiger partial charge in [-0.15, -0.1) is 0 Å². The van der Waals surface area contributed by atoms with Crippen LogP contribution in [0, 0.1) is 0 Å². The van der Waals surface area contributed by atoms with Gasteiger partial charge in [0, 0.05) is 24.4 Å². The fourth-order valence-corrected chi connectivity index (χ4v) is 3.53. The van der Waals surface area contributed by atoms with Crippen LogP contribution in [0.1, 0.15) is 44.2 Å². The summed E-state index contributed by atoms with van der Waals surface area (Å²) in [6, 6.07) is 7.72. The smallest absolute Gasteiger partial charge is 0.330 e. The molecule has 0 aliphatic heterocycles. The van der Waals surface area contributed by atoms with Crippen molar-refractivity contribution >= 4 is 34.8 Å². The first kappa shape index (κ1) is 23.1. The summed E-state index contributed by atoms with van der Waals surface area (Å²) in [5, 5.41) is 3.41. The number of rotatable bonds is 11. The molecule has 170 valence electrons. The number of nitrogens with zero attached hydrogens (tertiary/aromatic N) is 3. The van der Waals surface area contributed by atoms with Gasteiger partial charge in [0.1, 0.15) is 11.3 Å². The van der Waals surface area contributed by atoms with Crippen LogP contribution in [0.15, 0.2) is 36.5 Å². The summed E-state index contributed by atoms with van der Waals surface area (Å²) in [6.07, 6.45) is 8.50. The molecule has 0 bridgehead atoms. The SMILES string of the molecule is CCCCCNc1nc(N)nc2ccn(Cc3cc(/C=C/C(=O)OCC)ccc3OC)c12. The minimum atomic E-state index is -0.366. The van der Waals surface area contributed by atoms with Crippen molar-refractivity contribution in [3.63, 3.8) is 0 Å². The van der Waals surface area contributed by atoms with Crippen molar-refractivity contribution in [2.75, 3.05) is 31.3 Å². The minimum absolute atomic E-state index is 0.247. The highest BCUT2D eigenvalue weighted by molar-refractivity contribution is 5.88. The highest BCUT2D eigenvalue weighted by Crippen LogP contribution is 2.27. The van der Waals surface area contributed by atoms with Crippen LogP contribution in [0.4, 0.5) is 11.8 Å². The first-order valence-corrected chi connectivity index (χ1v) is 10.9. The molecule has 32 heavy (non-hydrogen) atoms. The first-order chi connectivity index (χ1) is 15.5. The molecule has 8 heteroatoms. The summed E-state index contributed by atoms with van der Waals surface area (Å²) in [5.41, 5.74) is 9.44. The van der Waals surface area contributed by atoms with Gasteiger partial charge in [-0.05, 0) is 43.2 Å². The van der Waals surface area contributed by atoms with E-state index in [9.17, 15) is 4.79 Å². The predicted molar refractivity (Wildman–Crippen MR) is 128 cm³/mol. The zero-order chi connectivity index (χ0) is 22.9. The Kier molecular flexibility index (Phi) is 8.08. The second kappa shape index (κ2) is 11.2. The number of ether oxygens (including phenoxy) is 2. The summed E-state index contributed by atoms with van der Waals surface area (Å²) in [6.45, 7) is 5.67. The van der Waals surface area contributed by atoms with E-state index in [1.807, 2.05) is 30.5 Å². The predicted octanol–water partition coefficient (Wildman–Crippen LogP) is 4.25. The molecule has 1 aromatic carbocycles. The summed E-state index contributed by atoms with van der Waals surface area (Å²) in [5.74, 6) is 1.37. The largest absolute Gasteiger partial charge is 0.496 e. The molecule has 0 amide bonds. The number of benzene rings is 1. The van der Waals surface area contributed by atoms with E-state index in [0.29, 0.717) is 13.2 Å². The molecule has 0 atom stereocenters. The van der Waals surface area contributed by atoms with Crippen LogP contribution in [0.2, 0.25) is 0 Å². The topological polar surface area (TPSA) is 104 Å². The number of fused-ring (bicyclic) bond motifs is 1. The number of aromatic nitrogens is 3. The standard InChI is InChI=1S/C24H31N5O3/c1-4-6-7-13-26-23-22-19(27-24(25)28-23)12-14-29(22)16-18-15-17(8-10-20(18)31-3)9-11-21(30)32-5-2/h8-12,14-15H,4-7,13,16H2,1-3H3,(H3,25,26,27,28)/b11-9+. The van der Waals surface area contributed by atoms with Crippen LogP contribution in [0.25, 0.3) is 17.1 Å². The highest BCUT2D eigenvalue weighted by Gasteiger charge is 2.13. The molecule has 0 saturated carbocycles. The molecular formula is C24H31N5O3. The zero-order valence-corrected chi connectivity index (χ0v) is 18.9. The van der Waals surface area contributed by atoms with Crippen LogP contribution in [-0.4, -0.2) is 40.8 Å². The molecule has 0 fully saturated rings. The third-order valence-electron chi connectivity index (χ3n) is 5.04. The van der Waals surface area contributed by atoms with Crippen LogP contribution in [0.5, 0.6) is 5.75 Å². The molecule has 0 aliphatic rings. The van der Waals surface area contributed by atoms with Gasteiger partial charge in [0.05, 0.1) is 25.8 Å².